The molecule has 1 aromatic heterocycles. The molecule has 1 heterocycles. The molecule has 0 atom stereocenters. The number of rotatable bonds is 3. The largest absolute Gasteiger partial charge is 0.478 e. The number of pyridine rings is 1. The average Bonchev–Trinajstić information content (AvgIpc) is 2.41. The Balaban J connectivity index is 2.60. The lowest BCUT2D eigenvalue weighted by atomic mass is 10.2. The molecule has 0 spiro atoms. The van der Waals surface area contributed by atoms with Crippen LogP contribution < -0.4 is 10.9 Å². The van der Waals surface area contributed by atoms with Gasteiger partial charge in [-0.3, -0.25) is 9.36 Å². The number of anilines is 2. The molecule has 2 rings (SSSR count). The third-order valence-electron chi connectivity index (χ3n) is 2.79. The highest BCUT2D eigenvalue weighted by Gasteiger charge is 2.18. The van der Waals surface area contributed by atoms with Crippen molar-refractivity contribution in [3.63, 3.8) is 0 Å². The number of nitrogens with zero attached hydrogens (tertiary/aromatic N) is 1. The van der Waals surface area contributed by atoms with Gasteiger partial charge in [0.1, 0.15) is 17.2 Å². The van der Waals surface area contributed by atoms with Crippen LogP contribution in [-0.2, 0) is 7.05 Å². The highest BCUT2D eigenvalue weighted by Crippen LogP contribution is 2.24. The van der Waals surface area contributed by atoms with Crippen molar-refractivity contribution < 1.29 is 18.7 Å². The van der Waals surface area contributed by atoms with Gasteiger partial charge in [-0.1, -0.05) is 15.9 Å². The SMILES string of the molecule is Cn1c(Nc2ccc(Br)cc2F)c(C(=O)O)cc(F)c1=O. The first kappa shape index (κ1) is 15.2. The van der Waals surface area contributed by atoms with Crippen molar-refractivity contribution >= 4 is 33.4 Å². The van der Waals surface area contributed by atoms with Gasteiger partial charge in [-0.15, -0.1) is 0 Å². The first-order valence-corrected chi connectivity index (χ1v) is 6.45. The third-order valence-corrected chi connectivity index (χ3v) is 3.28. The summed E-state index contributed by atoms with van der Waals surface area (Å²) in [6, 6.07) is 4.67. The second kappa shape index (κ2) is 5.65. The van der Waals surface area contributed by atoms with Crippen LogP contribution in [0.15, 0.2) is 33.5 Å². The molecule has 0 bridgehead atoms. The van der Waals surface area contributed by atoms with Crippen LogP contribution in [0.3, 0.4) is 0 Å². The van der Waals surface area contributed by atoms with Crippen LogP contribution in [0.5, 0.6) is 0 Å². The monoisotopic (exact) mass is 358 g/mol. The van der Waals surface area contributed by atoms with E-state index in [2.05, 4.69) is 21.2 Å². The summed E-state index contributed by atoms with van der Waals surface area (Å²) in [5.74, 6) is -3.51. The Bertz CT molecular complexity index is 790. The molecular formula is C13H9BrF2N2O3. The number of carboxylic acids is 1. The molecule has 0 radical (unpaired) electrons. The molecule has 0 aliphatic rings. The second-order valence-electron chi connectivity index (χ2n) is 4.17. The predicted octanol–water partition coefficient (Wildman–Crippen LogP) is 2.87. The van der Waals surface area contributed by atoms with Gasteiger partial charge in [0.15, 0.2) is 5.82 Å². The number of aromatic nitrogens is 1. The van der Waals surface area contributed by atoms with E-state index in [0.717, 1.165) is 4.57 Å². The van der Waals surface area contributed by atoms with Crippen LogP contribution in [0.4, 0.5) is 20.3 Å². The molecule has 8 heteroatoms. The van der Waals surface area contributed by atoms with E-state index < -0.39 is 28.7 Å². The maximum Gasteiger partial charge on any atom is 0.339 e. The van der Waals surface area contributed by atoms with E-state index in [-0.39, 0.29) is 11.5 Å². The molecule has 21 heavy (non-hydrogen) atoms. The van der Waals surface area contributed by atoms with Gasteiger partial charge < -0.3 is 10.4 Å². The maximum absolute atomic E-state index is 13.8. The van der Waals surface area contributed by atoms with Gasteiger partial charge in [0.2, 0.25) is 0 Å². The summed E-state index contributed by atoms with van der Waals surface area (Å²) in [5, 5.41) is 11.6. The number of aromatic carboxylic acids is 1. The number of nitrogens with one attached hydrogen (secondary N) is 1. The molecule has 2 N–H and O–H groups in total. The summed E-state index contributed by atoms with van der Waals surface area (Å²) < 4.78 is 28.4. The Morgan fingerprint density at radius 1 is 1.29 bits per heavy atom. The van der Waals surface area contributed by atoms with E-state index >= 15 is 0 Å². The first-order chi connectivity index (χ1) is 9.81. The van der Waals surface area contributed by atoms with E-state index in [9.17, 15) is 18.4 Å². The van der Waals surface area contributed by atoms with Crippen molar-refractivity contribution in [3.05, 3.63) is 56.3 Å². The van der Waals surface area contributed by atoms with Crippen molar-refractivity contribution in [1.29, 1.82) is 0 Å². The van der Waals surface area contributed by atoms with E-state index in [1.165, 1.54) is 25.2 Å². The third kappa shape index (κ3) is 2.94. The van der Waals surface area contributed by atoms with E-state index in [0.29, 0.717) is 10.5 Å². The van der Waals surface area contributed by atoms with Crippen molar-refractivity contribution in [1.82, 2.24) is 4.57 Å². The summed E-state index contributed by atoms with van der Waals surface area (Å²) >= 11 is 3.09. The highest BCUT2D eigenvalue weighted by atomic mass is 79.9. The van der Waals surface area contributed by atoms with Gasteiger partial charge in [-0.25, -0.2) is 13.6 Å². The van der Waals surface area contributed by atoms with Crippen LogP contribution in [-0.4, -0.2) is 15.6 Å². The standard InChI is InChI=1S/C13H9BrF2N2O3/c1-18-11(7(13(20)21)5-9(16)12(18)19)17-10-3-2-6(14)4-8(10)15/h2-5,17H,1H3,(H,20,21). The average molecular weight is 359 g/mol. The van der Waals surface area contributed by atoms with E-state index in [4.69, 9.17) is 5.11 Å². The first-order valence-electron chi connectivity index (χ1n) is 5.66. The minimum absolute atomic E-state index is 0.0395. The number of hydrogen-bond donors (Lipinski definition) is 2. The van der Waals surface area contributed by atoms with E-state index in [1.54, 1.807) is 0 Å². The minimum Gasteiger partial charge on any atom is -0.478 e. The van der Waals surface area contributed by atoms with Gasteiger partial charge in [0.25, 0.3) is 5.56 Å². The molecule has 0 saturated heterocycles. The lowest BCUT2D eigenvalue weighted by Gasteiger charge is -2.14. The Kier molecular flexibility index (Phi) is 4.08. The fourth-order valence-electron chi connectivity index (χ4n) is 1.73. The molecular weight excluding hydrogens is 350 g/mol. The van der Waals surface area contributed by atoms with Crippen molar-refractivity contribution in [2.24, 2.45) is 7.05 Å². The van der Waals surface area contributed by atoms with Crippen LogP contribution in [0, 0.1) is 11.6 Å². The van der Waals surface area contributed by atoms with Crippen LogP contribution in [0.1, 0.15) is 10.4 Å². The Labute approximate surface area is 126 Å². The number of hydrogen-bond acceptors (Lipinski definition) is 3. The summed E-state index contributed by atoms with van der Waals surface area (Å²) in [4.78, 5) is 22.7. The summed E-state index contributed by atoms with van der Waals surface area (Å²) in [7, 11) is 1.19. The van der Waals surface area contributed by atoms with Crippen molar-refractivity contribution in [3.8, 4) is 0 Å². The molecule has 2 aromatic rings. The molecule has 1 aromatic carbocycles. The summed E-state index contributed by atoms with van der Waals surface area (Å²) in [6.45, 7) is 0. The summed E-state index contributed by atoms with van der Waals surface area (Å²) in [6.07, 6.45) is 0. The zero-order chi connectivity index (χ0) is 15.7. The van der Waals surface area contributed by atoms with Crippen LogP contribution >= 0.6 is 15.9 Å². The Hall–Kier alpha value is -2.22. The smallest absolute Gasteiger partial charge is 0.339 e. The number of carbonyl (C=O) groups is 1. The van der Waals surface area contributed by atoms with Crippen molar-refractivity contribution in [2.45, 2.75) is 0 Å². The van der Waals surface area contributed by atoms with E-state index in [1.807, 2.05) is 0 Å². The van der Waals surface area contributed by atoms with Crippen molar-refractivity contribution in [2.75, 3.05) is 5.32 Å². The van der Waals surface area contributed by atoms with Crippen LogP contribution in [0.2, 0.25) is 0 Å². The maximum atomic E-state index is 13.8. The number of halogens is 3. The molecule has 110 valence electrons. The van der Waals surface area contributed by atoms with Gasteiger partial charge in [0.05, 0.1) is 5.69 Å². The predicted molar refractivity (Wildman–Crippen MR) is 76.0 cm³/mol. The fourth-order valence-corrected chi connectivity index (χ4v) is 2.07. The molecule has 0 aliphatic heterocycles. The molecule has 0 aliphatic carbocycles. The number of carboxylic acid groups (broad SMARTS) is 1. The molecule has 5 nitrogen and oxygen atoms in total. The van der Waals surface area contributed by atoms with Gasteiger partial charge in [-0.2, -0.15) is 0 Å². The zero-order valence-electron chi connectivity index (χ0n) is 10.7. The lowest BCUT2D eigenvalue weighted by molar-refractivity contribution is 0.0696. The second-order valence-corrected chi connectivity index (χ2v) is 5.09. The van der Waals surface area contributed by atoms with Crippen LogP contribution in [0.25, 0.3) is 0 Å². The zero-order valence-corrected chi connectivity index (χ0v) is 12.2. The Morgan fingerprint density at radius 2 is 1.95 bits per heavy atom. The molecule has 0 amide bonds. The normalized spacial score (nSPS) is 10.5. The lowest BCUT2D eigenvalue weighted by Crippen LogP contribution is -2.25. The Morgan fingerprint density at radius 3 is 2.52 bits per heavy atom. The highest BCUT2D eigenvalue weighted by molar-refractivity contribution is 9.10. The topological polar surface area (TPSA) is 71.3 Å². The minimum atomic E-state index is -1.44. The molecule has 0 unspecified atom stereocenters. The quantitative estimate of drug-likeness (QED) is 0.884. The molecule has 0 saturated carbocycles. The number of benzene rings is 1. The van der Waals surface area contributed by atoms with Gasteiger partial charge in [-0.05, 0) is 24.3 Å². The van der Waals surface area contributed by atoms with Gasteiger partial charge in [0, 0.05) is 11.5 Å². The fraction of sp³-hybridized carbons (Fsp3) is 0.0769. The molecule has 0 fully saturated rings. The van der Waals surface area contributed by atoms with Gasteiger partial charge >= 0.3 is 5.97 Å². The summed E-state index contributed by atoms with van der Waals surface area (Å²) in [5.41, 5.74) is -1.53.